The highest BCUT2D eigenvalue weighted by atomic mass is 32.1. The van der Waals surface area contributed by atoms with Crippen LogP contribution in [0.1, 0.15) is 44.0 Å². The number of nitrogens with zero attached hydrogens (tertiary/aromatic N) is 2. The third-order valence-corrected chi connectivity index (χ3v) is 6.24. The van der Waals surface area contributed by atoms with E-state index in [1.807, 2.05) is 23.1 Å². The highest BCUT2D eigenvalue weighted by molar-refractivity contribution is 7.18. The van der Waals surface area contributed by atoms with Crippen molar-refractivity contribution in [1.82, 2.24) is 9.88 Å². The van der Waals surface area contributed by atoms with Crippen molar-refractivity contribution in [3.05, 3.63) is 23.2 Å². The summed E-state index contributed by atoms with van der Waals surface area (Å²) in [6.45, 7) is 6.24. The van der Waals surface area contributed by atoms with Gasteiger partial charge in [-0.15, -0.1) is 11.3 Å². The fraction of sp³-hybridized carbons (Fsp3) is 0.579. The summed E-state index contributed by atoms with van der Waals surface area (Å²) in [5, 5.41) is 4.17. The molecule has 2 aliphatic heterocycles. The fourth-order valence-corrected chi connectivity index (χ4v) is 4.56. The van der Waals surface area contributed by atoms with Gasteiger partial charge in [0.25, 0.3) is 0 Å². The van der Waals surface area contributed by atoms with Gasteiger partial charge in [-0.25, -0.2) is 9.78 Å². The lowest BCUT2D eigenvalue weighted by Crippen LogP contribution is -2.51. The van der Waals surface area contributed by atoms with Crippen molar-refractivity contribution >= 4 is 33.3 Å². The molecule has 2 amide bonds. The lowest BCUT2D eigenvalue weighted by atomic mass is 10.0. The van der Waals surface area contributed by atoms with E-state index >= 15 is 0 Å². The number of rotatable bonds is 3. The second-order valence-electron chi connectivity index (χ2n) is 7.19. The second kappa shape index (κ2) is 7.50. The van der Waals surface area contributed by atoms with E-state index < -0.39 is 0 Å². The first-order valence-corrected chi connectivity index (χ1v) is 10.1. The number of anilines is 1. The van der Waals surface area contributed by atoms with Crippen LogP contribution in [0.15, 0.2) is 18.2 Å². The Morgan fingerprint density at radius 2 is 2.12 bits per heavy atom. The SMILES string of the molecule is CC(C)c1nc2ccc(NC(=O)N3CCCCC3C3OCCO3)cc2s1. The third kappa shape index (κ3) is 3.56. The molecule has 140 valence electrons. The molecule has 26 heavy (non-hydrogen) atoms. The van der Waals surface area contributed by atoms with Crippen molar-refractivity contribution in [2.45, 2.75) is 51.4 Å². The van der Waals surface area contributed by atoms with E-state index in [1.54, 1.807) is 11.3 Å². The summed E-state index contributed by atoms with van der Waals surface area (Å²) in [4.78, 5) is 19.4. The number of hydrogen-bond donors (Lipinski definition) is 1. The zero-order valence-corrected chi connectivity index (χ0v) is 16.1. The van der Waals surface area contributed by atoms with Crippen LogP contribution in [0, 0.1) is 0 Å². The number of benzene rings is 1. The second-order valence-corrected chi connectivity index (χ2v) is 8.25. The molecule has 2 aromatic rings. The van der Waals surface area contributed by atoms with E-state index in [1.165, 1.54) is 0 Å². The smallest absolute Gasteiger partial charge is 0.322 e. The molecule has 6 nitrogen and oxygen atoms in total. The number of carbonyl (C=O) groups is 1. The van der Waals surface area contributed by atoms with Gasteiger partial charge >= 0.3 is 6.03 Å². The molecule has 0 saturated carbocycles. The van der Waals surface area contributed by atoms with Gasteiger partial charge in [0.2, 0.25) is 0 Å². The summed E-state index contributed by atoms with van der Waals surface area (Å²) in [7, 11) is 0. The number of nitrogens with one attached hydrogen (secondary N) is 1. The maximum absolute atomic E-state index is 12.9. The highest BCUT2D eigenvalue weighted by Crippen LogP contribution is 2.30. The number of ether oxygens (including phenoxy) is 2. The van der Waals surface area contributed by atoms with Gasteiger partial charge < -0.3 is 19.7 Å². The third-order valence-electron chi connectivity index (χ3n) is 4.92. The number of fused-ring (bicyclic) bond motifs is 1. The first kappa shape index (κ1) is 17.7. The standard InChI is InChI=1S/C19H25N3O3S/c1-12(2)17-21-14-7-6-13(11-16(14)26-17)20-19(23)22-8-4-3-5-15(22)18-24-9-10-25-18/h6-7,11-12,15,18H,3-5,8-10H2,1-2H3,(H,20,23). The van der Waals surface area contributed by atoms with E-state index in [9.17, 15) is 4.79 Å². The molecule has 0 bridgehead atoms. The average molecular weight is 375 g/mol. The maximum Gasteiger partial charge on any atom is 0.322 e. The quantitative estimate of drug-likeness (QED) is 0.874. The molecule has 7 heteroatoms. The molecule has 4 rings (SSSR count). The molecule has 0 radical (unpaired) electrons. The van der Waals surface area contributed by atoms with Gasteiger partial charge in [0.1, 0.15) is 0 Å². The van der Waals surface area contributed by atoms with Crippen LogP contribution in [0.25, 0.3) is 10.2 Å². The summed E-state index contributed by atoms with van der Waals surface area (Å²) < 4.78 is 12.4. The Balaban J connectivity index is 1.50. The minimum absolute atomic E-state index is 0.00840. The molecule has 1 aromatic heterocycles. The Morgan fingerprint density at radius 3 is 2.88 bits per heavy atom. The number of piperidine rings is 1. The van der Waals surface area contributed by atoms with Crippen LogP contribution in [-0.4, -0.2) is 48.0 Å². The number of likely N-dealkylation sites (tertiary alicyclic amines) is 1. The molecule has 1 N–H and O–H groups in total. The molecule has 3 heterocycles. The van der Waals surface area contributed by atoms with Crippen molar-refractivity contribution in [2.75, 3.05) is 25.1 Å². The highest BCUT2D eigenvalue weighted by Gasteiger charge is 2.36. The van der Waals surface area contributed by atoms with Crippen molar-refractivity contribution in [3.8, 4) is 0 Å². The zero-order chi connectivity index (χ0) is 18.1. The molecule has 2 fully saturated rings. The summed E-state index contributed by atoms with van der Waals surface area (Å²) in [6, 6.07) is 5.82. The lowest BCUT2D eigenvalue weighted by molar-refractivity contribution is -0.0973. The topological polar surface area (TPSA) is 63.7 Å². The first-order chi connectivity index (χ1) is 12.6. The maximum atomic E-state index is 12.9. The van der Waals surface area contributed by atoms with E-state index in [4.69, 9.17) is 9.47 Å². The van der Waals surface area contributed by atoms with E-state index in [2.05, 4.69) is 24.1 Å². The molecule has 2 aliphatic rings. The fourth-order valence-electron chi connectivity index (χ4n) is 3.55. The minimum Gasteiger partial charge on any atom is -0.348 e. The van der Waals surface area contributed by atoms with Crippen molar-refractivity contribution in [1.29, 1.82) is 0 Å². The Morgan fingerprint density at radius 1 is 1.31 bits per heavy atom. The Hall–Kier alpha value is -1.70. The van der Waals surface area contributed by atoms with Gasteiger partial charge in [-0.2, -0.15) is 0 Å². The Bertz CT molecular complexity index is 785. The van der Waals surface area contributed by atoms with Crippen molar-refractivity contribution < 1.29 is 14.3 Å². The number of thiazole rings is 1. The Kier molecular flexibility index (Phi) is 5.11. The predicted molar refractivity (Wildman–Crippen MR) is 103 cm³/mol. The number of urea groups is 1. The van der Waals surface area contributed by atoms with Crippen LogP contribution in [0.3, 0.4) is 0 Å². The molecular formula is C19H25N3O3S. The van der Waals surface area contributed by atoms with E-state index in [-0.39, 0.29) is 18.4 Å². The molecule has 1 unspecified atom stereocenters. The van der Waals surface area contributed by atoms with E-state index in [0.29, 0.717) is 19.1 Å². The van der Waals surface area contributed by atoms with Crippen LogP contribution in [0.2, 0.25) is 0 Å². The van der Waals surface area contributed by atoms with Crippen molar-refractivity contribution in [3.63, 3.8) is 0 Å². The van der Waals surface area contributed by atoms with Gasteiger partial charge in [0.15, 0.2) is 6.29 Å². The average Bonchev–Trinajstić information content (AvgIpc) is 3.31. The van der Waals surface area contributed by atoms with Gasteiger partial charge in [0, 0.05) is 18.2 Å². The molecule has 0 aliphatic carbocycles. The first-order valence-electron chi connectivity index (χ1n) is 9.33. The largest absolute Gasteiger partial charge is 0.348 e. The number of aromatic nitrogens is 1. The minimum atomic E-state index is -0.293. The van der Waals surface area contributed by atoms with Crippen LogP contribution < -0.4 is 5.32 Å². The molecule has 1 aromatic carbocycles. The number of hydrogen-bond acceptors (Lipinski definition) is 5. The zero-order valence-electron chi connectivity index (χ0n) is 15.2. The molecular weight excluding hydrogens is 350 g/mol. The van der Waals surface area contributed by atoms with Gasteiger partial charge in [-0.3, -0.25) is 0 Å². The number of carbonyl (C=O) groups excluding carboxylic acids is 1. The van der Waals surface area contributed by atoms with Crippen LogP contribution in [-0.2, 0) is 9.47 Å². The summed E-state index contributed by atoms with van der Waals surface area (Å²) in [5.41, 5.74) is 1.79. The predicted octanol–water partition coefficient (Wildman–Crippen LogP) is 4.18. The van der Waals surface area contributed by atoms with Crippen LogP contribution in [0.4, 0.5) is 10.5 Å². The van der Waals surface area contributed by atoms with E-state index in [0.717, 1.165) is 46.7 Å². The normalized spacial score (nSPS) is 21.7. The van der Waals surface area contributed by atoms with Crippen LogP contribution in [0.5, 0.6) is 0 Å². The number of amides is 2. The molecule has 1 atom stereocenters. The van der Waals surface area contributed by atoms with Crippen LogP contribution >= 0.6 is 11.3 Å². The summed E-state index contributed by atoms with van der Waals surface area (Å²) in [5.74, 6) is 0.408. The lowest BCUT2D eigenvalue weighted by Gasteiger charge is -2.37. The van der Waals surface area contributed by atoms with Gasteiger partial charge in [0.05, 0.1) is 34.5 Å². The van der Waals surface area contributed by atoms with Gasteiger partial charge in [-0.05, 0) is 37.5 Å². The van der Waals surface area contributed by atoms with Crippen molar-refractivity contribution in [2.24, 2.45) is 0 Å². The summed E-state index contributed by atoms with van der Waals surface area (Å²) >= 11 is 1.69. The monoisotopic (exact) mass is 375 g/mol. The molecule has 2 saturated heterocycles. The Labute approximate surface area is 157 Å². The molecule has 0 spiro atoms. The summed E-state index contributed by atoms with van der Waals surface area (Å²) in [6.07, 6.45) is 2.74. The van der Waals surface area contributed by atoms with Gasteiger partial charge in [-0.1, -0.05) is 13.8 Å².